The van der Waals surface area contributed by atoms with Crippen molar-refractivity contribution in [2.75, 3.05) is 23.7 Å². The van der Waals surface area contributed by atoms with E-state index in [0.717, 1.165) is 33.9 Å². The second-order valence-corrected chi connectivity index (χ2v) is 8.74. The fourth-order valence-corrected chi connectivity index (χ4v) is 3.58. The summed E-state index contributed by atoms with van der Waals surface area (Å²) in [5.74, 6) is 0.378. The van der Waals surface area contributed by atoms with Crippen LogP contribution in [-0.2, 0) is 21.2 Å². The Morgan fingerprint density at radius 2 is 1.79 bits per heavy atom. The maximum Gasteiger partial charge on any atom is 0.241 e. The van der Waals surface area contributed by atoms with Crippen molar-refractivity contribution >= 4 is 21.6 Å². The molecule has 0 aliphatic heterocycles. The summed E-state index contributed by atoms with van der Waals surface area (Å²) in [4.78, 5) is 12.4. The van der Waals surface area contributed by atoms with Gasteiger partial charge in [0.05, 0.1) is 18.0 Å². The van der Waals surface area contributed by atoms with Gasteiger partial charge in [-0.05, 0) is 49.6 Å². The average molecular weight is 405 g/mol. The number of aryl methyl sites for hydroxylation is 2. The van der Waals surface area contributed by atoms with Gasteiger partial charge in [-0.3, -0.25) is 9.10 Å². The highest BCUT2D eigenvalue weighted by molar-refractivity contribution is 7.92. The van der Waals surface area contributed by atoms with Gasteiger partial charge < -0.3 is 10.1 Å². The molecule has 0 aromatic heterocycles. The van der Waals surface area contributed by atoms with Crippen LogP contribution >= 0.6 is 0 Å². The van der Waals surface area contributed by atoms with Gasteiger partial charge in [-0.15, -0.1) is 0 Å². The predicted molar refractivity (Wildman–Crippen MR) is 112 cm³/mol. The number of amides is 1. The van der Waals surface area contributed by atoms with E-state index in [2.05, 4.69) is 5.32 Å². The lowest BCUT2D eigenvalue weighted by molar-refractivity contribution is -0.120. The van der Waals surface area contributed by atoms with E-state index < -0.39 is 10.0 Å². The van der Waals surface area contributed by atoms with Gasteiger partial charge in [0, 0.05) is 0 Å². The van der Waals surface area contributed by atoms with Gasteiger partial charge in [0.1, 0.15) is 18.9 Å². The lowest BCUT2D eigenvalue weighted by Crippen LogP contribution is -2.44. The molecule has 2 rings (SSSR count). The van der Waals surface area contributed by atoms with Gasteiger partial charge in [-0.1, -0.05) is 37.3 Å². The van der Waals surface area contributed by atoms with E-state index in [1.54, 1.807) is 12.1 Å². The van der Waals surface area contributed by atoms with Crippen molar-refractivity contribution in [3.05, 3.63) is 59.7 Å². The minimum Gasteiger partial charge on any atom is -0.491 e. The number of carbonyl (C=O) groups is 1. The van der Waals surface area contributed by atoms with E-state index >= 15 is 0 Å². The summed E-state index contributed by atoms with van der Waals surface area (Å²) in [5.41, 5.74) is 2.59. The molecule has 0 unspecified atom stereocenters. The smallest absolute Gasteiger partial charge is 0.241 e. The first-order valence-corrected chi connectivity index (χ1v) is 11.1. The van der Waals surface area contributed by atoms with Crippen LogP contribution in [0, 0.1) is 6.92 Å². The van der Waals surface area contributed by atoms with Crippen LogP contribution in [0.3, 0.4) is 0 Å². The Morgan fingerprint density at radius 3 is 2.36 bits per heavy atom. The summed E-state index contributed by atoms with van der Waals surface area (Å²) >= 11 is 0. The summed E-state index contributed by atoms with van der Waals surface area (Å²) in [7, 11) is -3.59. The topological polar surface area (TPSA) is 75.7 Å². The normalized spacial score (nSPS) is 12.3. The van der Waals surface area contributed by atoms with Crippen LogP contribution in [0.25, 0.3) is 0 Å². The molecular formula is C21H28N2O4S. The van der Waals surface area contributed by atoms with E-state index in [0.29, 0.717) is 12.3 Å². The Hall–Kier alpha value is -2.54. The number of anilines is 1. The van der Waals surface area contributed by atoms with Crippen LogP contribution in [0.2, 0.25) is 0 Å². The number of ether oxygens (including phenoxy) is 1. The van der Waals surface area contributed by atoms with Crippen molar-refractivity contribution in [1.29, 1.82) is 0 Å². The summed E-state index contributed by atoms with van der Waals surface area (Å²) in [6.45, 7) is 5.81. The first-order chi connectivity index (χ1) is 13.2. The van der Waals surface area contributed by atoms with Crippen molar-refractivity contribution in [3.8, 4) is 5.75 Å². The molecule has 0 aliphatic carbocycles. The molecule has 0 saturated heterocycles. The van der Waals surface area contributed by atoms with Crippen molar-refractivity contribution in [1.82, 2.24) is 5.32 Å². The average Bonchev–Trinajstić information content (AvgIpc) is 2.65. The monoisotopic (exact) mass is 404 g/mol. The maximum atomic E-state index is 12.4. The Balaban J connectivity index is 1.98. The van der Waals surface area contributed by atoms with E-state index in [-0.39, 0.29) is 18.5 Å². The molecule has 0 heterocycles. The van der Waals surface area contributed by atoms with Crippen molar-refractivity contribution in [3.63, 3.8) is 0 Å². The van der Waals surface area contributed by atoms with Crippen LogP contribution in [0.4, 0.5) is 5.69 Å². The number of hydrogen-bond donors (Lipinski definition) is 1. The van der Waals surface area contributed by atoms with Crippen LogP contribution in [0.5, 0.6) is 5.75 Å². The summed E-state index contributed by atoms with van der Waals surface area (Å²) in [6, 6.07) is 14.5. The molecule has 0 aliphatic rings. The van der Waals surface area contributed by atoms with Crippen LogP contribution in [-0.4, -0.2) is 39.8 Å². The number of rotatable bonds is 9. The van der Waals surface area contributed by atoms with Crippen LogP contribution in [0.1, 0.15) is 25.0 Å². The zero-order valence-electron chi connectivity index (χ0n) is 16.8. The highest BCUT2D eigenvalue weighted by Gasteiger charge is 2.21. The van der Waals surface area contributed by atoms with Crippen LogP contribution in [0.15, 0.2) is 48.5 Å². The van der Waals surface area contributed by atoms with Crippen molar-refractivity contribution < 1.29 is 17.9 Å². The molecule has 6 nitrogen and oxygen atoms in total. The molecule has 0 spiro atoms. The second kappa shape index (κ2) is 9.59. The summed E-state index contributed by atoms with van der Waals surface area (Å²) < 4.78 is 31.2. The molecule has 0 radical (unpaired) electrons. The maximum absolute atomic E-state index is 12.4. The first kappa shape index (κ1) is 21.8. The van der Waals surface area contributed by atoms with Gasteiger partial charge >= 0.3 is 0 Å². The molecule has 28 heavy (non-hydrogen) atoms. The van der Waals surface area contributed by atoms with Gasteiger partial charge in [-0.2, -0.15) is 0 Å². The number of nitrogens with zero attached hydrogens (tertiary/aromatic N) is 1. The number of sulfonamides is 1. The van der Waals surface area contributed by atoms with Crippen molar-refractivity contribution in [2.45, 2.75) is 33.2 Å². The molecule has 1 atom stereocenters. The molecule has 152 valence electrons. The first-order valence-electron chi connectivity index (χ1n) is 9.25. The molecule has 2 aromatic rings. The van der Waals surface area contributed by atoms with Gasteiger partial charge in [0.2, 0.25) is 15.9 Å². The highest BCUT2D eigenvalue weighted by Crippen LogP contribution is 2.19. The van der Waals surface area contributed by atoms with Crippen LogP contribution < -0.4 is 14.4 Å². The molecule has 2 aromatic carbocycles. The fraction of sp³-hybridized carbons (Fsp3) is 0.381. The van der Waals surface area contributed by atoms with Crippen molar-refractivity contribution in [2.24, 2.45) is 0 Å². The third kappa shape index (κ3) is 6.27. The Labute approximate surface area is 167 Å². The Kier molecular flexibility index (Phi) is 7.45. The SMILES string of the molecule is CCc1ccc(N(CC(=O)N[C@H](C)COc2ccccc2C)S(C)(=O)=O)cc1. The zero-order valence-corrected chi connectivity index (χ0v) is 17.6. The van der Waals surface area contributed by atoms with E-state index in [1.165, 1.54) is 0 Å². The largest absolute Gasteiger partial charge is 0.491 e. The van der Waals surface area contributed by atoms with Gasteiger partial charge in [-0.25, -0.2) is 8.42 Å². The summed E-state index contributed by atoms with van der Waals surface area (Å²) in [5, 5.41) is 2.79. The molecule has 1 N–H and O–H groups in total. The molecule has 1 amide bonds. The highest BCUT2D eigenvalue weighted by atomic mass is 32.2. The second-order valence-electron chi connectivity index (χ2n) is 6.83. The molecule has 0 fully saturated rings. The minimum absolute atomic E-state index is 0.268. The Bertz CT molecular complexity index is 895. The fourth-order valence-electron chi connectivity index (χ4n) is 2.72. The summed E-state index contributed by atoms with van der Waals surface area (Å²) in [6.07, 6.45) is 1.96. The van der Waals surface area contributed by atoms with E-state index in [9.17, 15) is 13.2 Å². The number of nitrogens with one attached hydrogen (secondary N) is 1. The standard InChI is InChI=1S/C21H28N2O4S/c1-5-18-10-12-19(13-11-18)23(28(4,25)26)14-21(24)22-17(3)15-27-20-9-7-6-8-16(20)2/h6-13,17H,5,14-15H2,1-4H3,(H,22,24)/t17-/m1/s1. The zero-order chi connectivity index (χ0) is 20.7. The molecule has 7 heteroatoms. The molecular weight excluding hydrogens is 376 g/mol. The third-order valence-electron chi connectivity index (χ3n) is 4.31. The quantitative estimate of drug-likeness (QED) is 0.697. The number of para-hydroxylation sites is 1. The lowest BCUT2D eigenvalue weighted by Gasteiger charge is -2.23. The lowest BCUT2D eigenvalue weighted by atomic mass is 10.1. The number of hydrogen-bond acceptors (Lipinski definition) is 4. The van der Waals surface area contributed by atoms with Gasteiger partial charge in [0.15, 0.2) is 0 Å². The van der Waals surface area contributed by atoms with E-state index in [4.69, 9.17) is 4.74 Å². The molecule has 0 saturated carbocycles. The Morgan fingerprint density at radius 1 is 1.14 bits per heavy atom. The van der Waals surface area contributed by atoms with Gasteiger partial charge in [0.25, 0.3) is 0 Å². The predicted octanol–water partition coefficient (Wildman–Crippen LogP) is 2.91. The minimum atomic E-state index is -3.59. The third-order valence-corrected chi connectivity index (χ3v) is 5.45. The molecule has 0 bridgehead atoms. The van der Waals surface area contributed by atoms with E-state index in [1.807, 2.05) is 57.2 Å². The number of benzene rings is 2. The number of carbonyl (C=O) groups excluding carboxylic acids is 1.